The SMILES string of the molecule is COc1cc(N=Cc2cccnc2)ccn1. The monoisotopic (exact) mass is 213 g/mol. The fraction of sp³-hybridized carbons (Fsp3) is 0.0833. The topological polar surface area (TPSA) is 47.4 Å². The summed E-state index contributed by atoms with van der Waals surface area (Å²) in [6.07, 6.45) is 6.89. The molecule has 16 heavy (non-hydrogen) atoms. The third-order valence-corrected chi connectivity index (χ3v) is 1.97. The number of hydrogen-bond acceptors (Lipinski definition) is 4. The van der Waals surface area contributed by atoms with Crippen LogP contribution in [0.15, 0.2) is 47.8 Å². The quantitative estimate of drug-likeness (QED) is 0.734. The van der Waals surface area contributed by atoms with Crippen molar-refractivity contribution >= 4 is 11.9 Å². The summed E-state index contributed by atoms with van der Waals surface area (Å²) in [6.45, 7) is 0. The molecule has 2 rings (SSSR count). The molecule has 2 heterocycles. The zero-order valence-electron chi connectivity index (χ0n) is 8.87. The molecule has 0 aliphatic rings. The van der Waals surface area contributed by atoms with E-state index in [0.29, 0.717) is 5.88 Å². The largest absolute Gasteiger partial charge is 0.481 e. The second-order valence-electron chi connectivity index (χ2n) is 3.10. The molecular formula is C12H11N3O. The van der Waals surface area contributed by atoms with Crippen molar-refractivity contribution in [2.45, 2.75) is 0 Å². The molecule has 2 aromatic rings. The summed E-state index contributed by atoms with van der Waals surface area (Å²) in [6, 6.07) is 7.39. The maximum absolute atomic E-state index is 5.01. The molecule has 0 unspecified atom stereocenters. The Hall–Kier alpha value is -2.23. The predicted octanol–water partition coefficient (Wildman–Crippen LogP) is 2.24. The molecule has 2 aromatic heterocycles. The third kappa shape index (κ3) is 2.63. The number of aliphatic imine (C=N–C) groups is 1. The van der Waals surface area contributed by atoms with Crippen molar-refractivity contribution in [3.05, 3.63) is 48.4 Å². The first kappa shape index (κ1) is 10.3. The first-order chi connectivity index (χ1) is 7.88. The van der Waals surface area contributed by atoms with Gasteiger partial charge in [-0.15, -0.1) is 0 Å². The van der Waals surface area contributed by atoms with E-state index in [4.69, 9.17) is 4.74 Å². The van der Waals surface area contributed by atoms with E-state index in [1.807, 2.05) is 18.2 Å². The van der Waals surface area contributed by atoms with E-state index < -0.39 is 0 Å². The van der Waals surface area contributed by atoms with Gasteiger partial charge in [-0.1, -0.05) is 6.07 Å². The van der Waals surface area contributed by atoms with Gasteiger partial charge in [-0.3, -0.25) is 9.98 Å². The molecule has 0 aromatic carbocycles. The van der Waals surface area contributed by atoms with Gasteiger partial charge in [0, 0.05) is 36.4 Å². The van der Waals surface area contributed by atoms with Crippen LogP contribution in [0.3, 0.4) is 0 Å². The highest BCUT2D eigenvalue weighted by Gasteiger charge is 1.93. The third-order valence-electron chi connectivity index (χ3n) is 1.97. The second-order valence-corrected chi connectivity index (χ2v) is 3.10. The summed E-state index contributed by atoms with van der Waals surface area (Å²) in [5.74, 6) is 0.556. The van der Waals surface area contributed by atoms with E-state index >= 15 is 0 Å². The van der Waals surface area contributed by atoms with Crippen LogP contribution in [-0.2, 0) is 0 Å². The molecule has 0 aliphatic heterocycles. The Kier molecular flexibility index (Phi) is 3.23. The van der Waals surface area contributed by atoms with Crippen LogP contribution in [-0.4, -0.2) is 23.3 Å². The normalized spacial score (nSPS) is 10.6. The van der Waals surface area contributed by atoms with Crippen molar-refractivity contribution < 1.29 is 4.74 Å². The average Bonchev–Trinajstić information content (AvgIpc) is 2.38. The van der Waals surface area contributed by atoms with Gasteiger partial charge in [0.25, 0.3) is 0 Å². The number of hydrogen-bond donors (Lipinski definition) is 0. The van der Waals surface area contributed by atoms with Crippen LogP contribution in [0.1, 0.15) is 5.56 Å². The zero-order valence-corrected chi connectivity index (χ0v) is 8.87. The van der Waals surface area contributed by atoms with Crippen molar-refractivity contribution in [3.8, 4) is 5.88 Å². The standard InChI is InChI=1S/C12H11N3O/c1-16-12-7-11(4-6-14-12)15-9-10-3-2-5-13-8-10/h2-9H,1H3. The van der Waals surface area contributed by atoms with Crippen LogP contribution in [0.2, 0.25) is 0 Å². The van der Waals surface area contributed by atoms with Crippen molar-refractivity contribution in [3.63, 3.8) is 0 Å². The van der Waals surface area contributed by atoms with Gasteiger partial charge in [-0.05, 0) is 12.1 Å². The fourth-order valence-electron chi connectivity index (χ4n) is 1.19. The fourth-order valence-corrected chi connectivity index (χ4v) is 1.19. The number of ether oxygens (including phenoxy) is 1. The second kappa shape index (κ2) is 5.02. The molecule has 0 atom stereocenters. The highest BCUT2D eigenvalue weighted by molar-refractivity contribution is 5.81. The summed E-state index contributed by atoms with van der Waals surface area (Å²) in [5, 5.41) is 0. The summed E-state index contributed by atoms with van der Waals surface area (Å²) in [7, 11) is 1.58. The molecule has 0 bridgehead atoms. The van der Waals surface area contributed by atoms with Crippen LogP contribution >= 0.6 is 0 Å². The van der Waals surface area contributed by atoms with E-state index in [2.05, 4.69) is 15.0 Å². The molecular weight excluding hydrogens is 202 g/mol. The Balaban J connectivity index is 2.17. The van der Waals surface area contributed by atoms with Crippen molar-refractivity contribution in [1.29, 1.82) is 0 Å². The van der Waals surface area contributed by atoms with Gasteiger partial charge in [0.05, 0.1) is 12.8 Å². The van der Waals surface area contributed by atoms with Crippen molar-refractivity contribution in [2.24, 2.45) is 4.99 Å². The van der Waals surface area contributed by atoms with Crippen molar-refractivity contribution in [2.75, 3.05) is 7.11 Å². The minimum atomic E-state index is 0.556. The zero-order chi connectivity index (χ0) is 11.2. The minimum absolute atomic E-state index is 0.556. The lowest BCUT2D eigenvalue weighted by atomic mass is 10.3. The van der Waals surface area contributed by atoms with Crippen LogP contribution < -0.4 is 4.74 Å². The number of nitrogens with zero attached hydrogens (tertiary/aromatic N) is 3. The van der Waals surface area contributed by atoms with Gasteiger partial charge in [-0.2, -0.15) is 0 Å². The van der Waals surface area contributed by atoms with Gasteiger partial charge < -0.3 is 4.74 Å². The maximum Gasteiger partial charge on any atom is 0.215 e. The Morgan fingerprint density at radius 3 is 3.00 bits per heavy atom. The molecule has 0 radical (unpaired) electrons. The first-order valence-electron chi connectivity index (χ1n) is 4.82. The van der Waals surface area contributed by atoms with Gasteiger partial charge in [-0.25, -0.2) is 4.98 Å². The lowest BCUT2D eigenvalue weighted by Crippen LogP contribution is -1.85. The predicted molar refractivity (Wildman–Crippen MR) is 62.3 cm³/mol. The average molecular weight is 213 g/mol. The smallest absolute Gasteiger partial charge is 0.215 e. The van der Waals surface area contributed by atoms with Crippen LogP contribution in [0.5, 0.6) is 5.88 Å². The molecule has 80 valence electrons. The van der Waals surface area contributed by atoms with Crippen LogP contribution in [0.4, 0.5) is 5.69 Å². The molecule has 0 saturated carbocycles. The molecule has 0 N–H and O–H groups in total. The minimum Gasteiger partial charge on any atom is -0.481 e. The highest BCUT2D eigenvalue weighted by atomic mass is 16.5. The van der Waals surface area contributed by atoms with E-state index in [-0.39, 0.29) is 0 Å². The molecule has 0 aliphatic carbocycles. The Morgan fingerprint density at radius 1 is 1.31 bits per heavy atom. The lowest BCUT2D eigenvalue weighted by molar-refractivity contribution is 0.398. The molecule has 0 spiro atoms. The summed E-state index contributed by atoms with van der Waals surface area (Å²) < 4.78 is 5.01. The maximum atomic E-state index is 5.01. The molecule has 4 heteroatoms. The summed E-state index contributed by atoms with van der Waals surface area (Å²) >= 11 is 0. The number of methoxy groups -OCH3 is 1. The van der Waals surface area contributed by atoms with E-state index in [0.717, 1.165) is 11.3 Å². The first-order valence-corrected chi connectivity index (χ1v) is 4.82. The van der Waals surface area contributed by atoms with E-state index in [1.165, 1.54) is 0 Å². The van der Waals surface area contributed by atoms with Gasteiger partial charge in [0.2, 0.25) is 5.88 Å². The molecule has 0 amide bonds. The molecule has 4 nitrogen and oxygen atoms in total. The van der Waals surface area contributed by atoms with Gasteiger partial charge in [0.1, 0.15) is 0 Å². The summed E-state index contributed by atoms with van der Waals surface area (Å²) in [5.41, 5.74) is 1.76. The molecule has 0 fully saturated rings. The van der Waals surface area contributed by atoms with Crippen molar-refractivity contribution in [1.82, 2.24) is 9.97 Å². The Labute approximate surface area is 93.7 Å². The Morgan fingerprint density at radius 2 is 2.25 bits per heavy atom. The highest BCUT2D eigenvalue weighted by Crippen LogP contribution is 2.16. The van der Waals surface area contributed by atoms with Gasteiger partial charge in [0.15, 0.2) is 0 Å². The number of aromatic nitrogens is 2. The van der Waals surface area contributed by atoms with E-state index in [1.54, 1.807) is 38.0 Å². The molecule has 0 saturated heterocycles. The lowest BCUT2D eigenvalue weighted by Gasteiger charge is -1.98. The number of rotatable bonds is 3. The number of pyridine rings is 2. The van der Waals surface area contributed by atoms with Crippen LogP contribution in [0.25, 0.3) is 0 Å². The van der Waals surface area contributed by atoms with Crippen LogP contribution in [0, 0.1) is 0 Å². The summed E-state index contributed by atoms with van der Waals surface area (Å²) in [4.78, 5) is 12.3. The van der Waals surface area contributed by atoms with E-state index in [9.17, 15) is 0 Å². The Bertz CT molecular complexity index is 483. The van der Waals surface area contributed by atoms with Gasteiger partial charge >= 0.3 is 0 Å².